The monoisotopic (exact) mass is 274 g/mol. The van der Waals surface area contributed by atoms with Crippen LogP contribution in [-0.2, 0) is 11.2 Å². The van der Waals surface area contributed by atoms with Crippen molar-refractivity contribution in [2.45, 2.75) is 32.7 Å². The number of benzene rings is 1. The third kappa shape index (κ3) is 3.68. The molecule has 1 aromatic rings. The summed E-state index contributed by atoms with van der Waals surface area (Å²) in [6.07, 6.45) is 1.68. The van der Waals surface area contributed by atoms with Crippen LogP contribution in [0.1, 0.15) is 23.1 Å². The van der Waals surface area contributed by atoms with Crippen LogP contribution in [0.2, 0.25) is 0 Å². The van der Waals surface area contributed by atoms with Gasteiger partial charge in [-0.3, -0.25) is 9.69 Å². The number of aryl methyl sites for hydroxylation is 2. The second-order valence-corrected chi connectivity index (χ2v) is 6.17. The first-order valence-corrected chi connectivity index (χ1v) is 7.45. The predicted molar refractivity (Wildman–Crippen MR) is 83.2 cm³/mol. The van der Waals surface area contributed by atoms with E-state index in [0.29, 0.717) is 12.2 Å². The smallest absolute Gasteiger partial charge is 0.155 e. The van der Waals surface area contributed by atoms with Gasteiger partial charge in [-0.2, -0.15) is 0 Å². The van der Waals surface area contributed by atoms with Gasteiger partial charge in [-0.05, 0) is 64.1 Å². The fourth-order valence-corrected chi connectivity index (χ4v) is 2.85. The molecule has 1 aliphatic heterocycles. The Morgan fingerprint density at radius 3 is 2.65 bits per heavy atom. The van der Waals surface area contributed by atoms with E-state index in [1.165, 1.54) is 11.1 Å². The number of carbonyl (C=O) groups excluding carboxylic acids is 1. The van der Waals surface area contributed by atoms with E-state index in [0.717, 1.165) is 31.6 Å². The number of likely N-dealkylation sites (N-methyl/N-ethyl adjacent to an activating group) is 2. The highest BCUT2D eigenvalue weighted by molar-refractivity contribution is 5.86. The van der Waals surface area contributed by atoms with Crippen LogP contribution in [0.25, 0.3) is 0 Å². The van der Waals surface area contributed by atoms with Gasteiger partial charge in [0.1, 0.15) is 0 Å². The topological polar surface area (TPSA) is 23.6 Å². The van der Waals surface area contributed by atoms with Crippen LogP contribution >= 0.6 is 0 Å². The van der Waals surface area contributed by atoms with Crippen LogP contribution in [0, 0.1) is 13.8 Å². The highest BCUT2D eigenvalue weighted by atomic mass is 16.1. The van der Waals surface area contributed by atoms with E-state index in [1.54, 1.807) is 0 Å². The highest BCUT2D eigenvalue weighted by Crippen LogP contribution is 2.14. The lowest BCUT2D eigenvalue weighted by molar-refractivity contribution is -0.123. The molecule has 3 nitrogen and oxygen atoms in total. The number of carbonyl (C=O) groups is 1. The van der Waals surface area contributed by atoms with Gasteiger partial charge >= 0.3 is 0 Å². The molecule has 0 saturated carbocycles. The molecule has 1 heterocycles. The Morgan fingerprint density at radius 1 is 1.20 bits per heavy atom. The Morgan fingerprint density at radius 2 is 1.95 bits per heavy atom. The summed E-state index contributed by atoms with van der Waals surface area (Å²) < 4.78 is 0. The van der Waals surface area contributed by atoms with E-state index in [-0.39, 0.29) is 6.04 Å². The summed E-state index contributed by atoms with van der Waals surface area (Å²) in [5.74, 6) is 0.338. The van der Waals surface area contributed by atoms with Gasteiger partial charge in [0.25, 0.3) is 0 Å². The number of rotatable bonds is 3. The predicted octanol–water partition coefficient (Wildman–Crippen LogP) is 2.05. The number of Topliss-reactive ketones (excluding diaryl/α,β-unsaturated/α-hetero) is 1. The third-order valence-electron chi connectivity index (χ3n) is 4.39. The van der Waals surface area contributed by atoms with E-state index >= 15 is 0 Å². The summed E-state index contributed by atoms with van der Waals surface area (Å²) in [5.41, 5.74) is 3.69. The normalized spacial score (nSPS) is 21.7. The number of nitrogens with zero attached hydrogens (tertiary/aromatic N) is 2. The van der Waals surface area contributed by atoms with E-state index in [4.69, 9.17) is 0 Å². The second-order valence-electron chi connectivity index (χ2n) is 6.17. The highest BCUT2D eigenvalue weighted by Gasteiger charge is 2.26. The summed E-state index contributed by atoms with van der Waals surface area (Å²) >= 11 is 0. The Labute approximate surface area is 122 Å². The molecule has 1 atom stereocenters. The van der Waals surface area contributed by atoms with Gasteiger partial charge < -0.3 is 4.90 Å². The van der Waals surface area contributed by atoms with Crippen LogP contribution in [0.15, 0.2) is 18.2 Å². The molecule has 0 N–H and O–H groups in total. The number of hydrogen-bond acceptors (Lipinski definition) is 3. The molecule has 0 bridgehead atoms. The molecule has 20 heavy (non-hydrogen) atoms. The molecule has 1 aliphatic rings. The van der Waals surface area contributed by atoms with Crippen molar-refractivity contribution in [2.75, 3.05) is 33.7 Å². The van der Waals surface area contributed by atoms with Crippen molar-refractivity contribution in [3.05, 3.63) is 34.9 Å². The average Bonchev–Trinajstić information content (AvgIpc) is 2.56. The maximum Gasteiger partial charge on any atom is 0.155 e. The van der Waals surface area contributed by atoms with Gasteiger partial charge in [-0.25, -0.2) is 0 Å². The maximum absolute atomic E-state index is 12.6. The van der Waals surface area contributed by atoms with E-state index in [9.17, 15) is 4.79 Å². The molecule has 0 aromatic heterocycles. The lowest BCUT2D eigenvalue weighted by Gasteiger charge is -2.26. The molecule has 1 aromatic carbocycles. The zero-order chi connectivity index (χ0) is 14.7. The van der Waals surface area contributed by atoms with E-state index in [2.05, 4.69) is 55.9 Å². The van der Waals surface area contributed by atoms with Crippen LogP contribution < -0.4 is 0 Å². The standard InChI is InChI=1S/C17H26N2O/c1-13-6-7-15(10-14(13)2)11-17(20)16-12-18(3)8-5-9-19(16)4/h6-7,10,16H,5,8-9,11-12H2,1-4H3. The molecule has 3 heteroatoms. The van der Waals surface area contributed by atoms with Gasteiger partial charge in [0.2, 0.25) is 0 Å². The SMILES string of the molecule is Cc1ccc(CC(=O)C2CN(C)CCCN2C)cc1C. The number of ketones is 1. The van der Waals surface area contributed by atoms with E-state index in [1.807, 2.05) is 0 Å². The van der Waals surface area contributed by atoms with Crippen molar-refractivity contribution >= 4 is 5.78 Å². The Balaban J connectivity index is 2.07. The summed E-state index contributed by atoms with van der Waals surface area (Å²) in [6, 6.07) is 6.37. The fraction of sp³-hybridized carbons (Fsp3) is 0.588. The third-order valence-corrected chi connectivity index (χ3v) is 4.39. The van der Waals surface area contributed by atoms with Crippen molar-refractivity contribution in [1.29, 1.82) is 0 Å². The lowest BCUT2D eigenvalue weighted by Crippen LogP contribution is -2.44. The first-order valence-electron chi connectivity index (χ1n) is 7.45. The fourth-order valence-electron chi connectivity index (χ4n) is 2.85. The zero-order valence-corrected chi connectivity index (χ0v) is 13.1. The molecule has 1 fully saturated rings. The molecule has 0 radical (unpaired) electrons. The molecule has 1 saturated heterocycles. The Kier molecular flexibility index (Phi) is 4.95. The minimum absolute atomic E-state index is 0.0316. The number of hydrogen-bond donors (Lipinski definition) is 0. The molecule has 110 valence electrons. The summed E-state index contributed by atoms with van der Waals surface area (Å²) in [4.78, 5) is 17.1. The van der Waals surface area contributed by atoms with Gasteiger partial charge in [0, 0.05) is 13.0 Å². The van der Waals surface area contributed by atoms with E-state index < -0.39 is 0 Å². The molecule has 1 unspecified atom stereocenters. The first-order chi connectivity index (χ1) is 9.47. The van der Waals surface area contributed by atoms with Crippen molar-refractivity contribution < 1.29 is 4.79 Å². The Bertz CT molecular complexity index is 484. The molecular formula is C17H26N2O. The maximum atomic E-state index is 12.6. The zero-order valence-electron chi connectivity index (χ0n) is 13.1. The van der Waals surface area contributed by atoms with Crippen LogP contribution in [-0.4, -0.2) is 55.4 Å². The molecule has 0 spiro atoms. The van der Waals surface area contributed by atoms with Crippen molar-refractivity contribution in [1.82, 2.24) is 9.80 Å². The molecular weight excluding hydrogens is 248 g/mol. The molecule has 0 amide bonds. The largest absolute Gasteiger partial charge is 0.304 e. The van der Waals surface area contributed by atoms with Gasteiger partial charge in [-0.1, -0.05) is 18.2 Å². The minimum Gasteiger partial charge on any atom is -0.304 e. The van der Waals surface area contributed by atoms with Crippen LogP contribution in [0.4, 0.5) is 0 Å². The van der Waals surface area contributed by atoms with Crippen molar-refractivity contribution in [2.24, 2.45) is 0 Å². The quantitative estimate of drug-likeness (QED) is 0.843. The summed E-state index contributed by atoms with van der Waals surface area (Å²) in [7, 11) is 4.18. The van der Waals surface area contributed by atoms with Gasteiger partial charge in [0.05, 0.1) is 6.04 Å². The first kappa shape index (κ1) is 15.2. The average molecular weight is 274 g/mol. The molecule has 2 rings (SSSR count). The summed E-state index contributed by atoms with van der Waals surface area (Å²) in [6.45, 7) is 7.15. The Hall–Kier alpha value is -1.19. The van der Waals surface area contributed by atoms with Gasteiger partial charge in [0.15, 0.2) is 5.78 Å². The minimum atomic E-state index is 0.0316. The summed E-state index contributed by atoms with van der Waals surface area (Å²) in [5, 5.41) is 0. The van der Waals surface area contributed by atoms with Gasteiger partial charge in [-0.15, -0.1) is 0 Å². The van der Waals surface area contributed by atoms with Crippen LogP contribution in [0.5, 0.6) is 0 Å². The van der Waals surface area contributed by atoms with Crippen molar-refractivity contribution in [3.63, 3.8) is 0 Å². The lowest BCUT2D eigenvalue weighted by atomic mass is 9.99. The van der Waals surface area contributed by atoms with Crippen molar-refractivity contribution in [3.8, 4) is 0 Å². The second kappa shape index (κ2) is 6.51. The van der Waals surface area contributed by atoms with Crippen LogP contribution in [0.3, 0.4) is 0 Å². The molecule has 0 aliphatic carbocycles.